The third-order valence-corrected chi connectivity index (χ3v) is 7.59. The molecule has 2 aliphatic carbocycles. The summed E-state index contributed by atoms with van der Waals surface area (Å²) in [6, 6.07) is 0.593. The number of fused-ring (bicyclic) bond motifs is 1. The molecule has 0 bridgehead atoms. The van der Waals surface area contributed by atoms with Crippen LogP contribution in [0, 0.1) is 5.21 Å². The Labute approximate surface area is 156 Å². The van der Waals surface area contributed by atoms with Crippen molar-refractivity contribution >= 4 is 34.7 Å². The van der Waals surface area contributed by atoms with Crippen LogP contribution in [0.3, 0.4) is 0 Å². The number of nitrogens with one attached hydrogen (secondary N) is 1. The molecule has 3 heterocycles. The van der Waals surface area contributed by atoms with Gasteiger partial charge in [0, 0.05) is 29.5 Å². The molecule has 0 spiro atoms. The van der Waals surface area contributed by atoms with Crippen molar-refractivity contribution in [2.24, 2.45) is 0 Å². The van der Waals surface area contributed by atoms with Gasteiger partial charge in [-0.2, -0.15) is 0 Å². The highest BCUT2D eigenvalue weighted by Gasteiger charge is 2.37. The Hall–Kier alpha value is -1.08. The van der Waals surface area contributed by atoms with Gasteiger partial charge in [-0.1, -0.05) is 19.3 Å². The van der Waals surface area contributed by atoms with Crippen molar-refractivity contribution in [2.75, 3.05) is 18.8 Å². The highest BCUT2D eigenvalue weighted by atomic mass is 32.2. The van der Waals surface area contributed by atoms with Crippen LogP contribution in [-0.2, 0) is 0 Å². The molecule has 2 aliphatic heterocycles. The van der Waals surface area contributed by atoms with Gasteiger partial charge in [0.15, 0.2) is 5.70 Å². The fourth-order valence-corrected chi connectivity index (χ4v) is 6.50. The topological polar surface area (TPSA) is 48.0 Å². The van der Waals surface area contributed by atoms with Crippen molar-refractivity contribution < 1.29 is 4.65 Å². The zero-order valence-electron chi connectivity index (χ0n) is 14.3. The van der Waals surface area contributed by atoms with Gasteiger partial charge in [0.05, 0.1) is 26.8 Å². The fraction of sp³-hybridized carbons (Fsp3) is 0.526. The van der Waals surface area contributed by atoms with E-state index in [1.807, 2.05) is 17.3 Å². The van der Waals surface area contributed by atoms with Crippen molar-refractivity contribution in [3.63, 3.8) is 0 Å². The van der Waals surface area contributed by atoms with Crippen molar-refractivity contribution in [3.05, 3.63) is 43.0 Å². The van der Waals surface area contributed by atoms with Gasteiger partial charge in [-0.05, 0) is 25.0 Å². The van der Waals surface area contributed by atoms with E-state index in [1.165, 1.54) is 52.8 Å². The Morgan fingerprint density at radius 1 is 1.24 bits per heavy atom. The van der Waals surface area contributed by atoms with Crippen LogP contribution in [0.2, 0.25) is 0 Å². The minimum atomic E-state index is -0.200. The molecule has 0 radical (unpaired) electrons. The fourth-order valence-electron chi connectivity index (χ4n) is 4.51. The number of hydrogen-bond donors (Lipinski definition) is 1. The molecule has 1 unspecified atom stereocenters. The standard InChI is InChI=1S/C19H23N3OS2/c23-22-7-6-16-18(20-12-25-16)15-10-14(21-13-4-2-1-3-5-13)11-17(19(15)22)24-9-8-22/h6,11-13,21H,1-5,7-10H2. The molecular formula is C19H23N3OS2. The number of thiazole rings is 1. The first kappa shape index (κ1) is 16.1. The second-order valence-corrected chi connectivity index (χ2v) is 9.45. The lowest BCUT2D eigenvalue weighted by atomic mass is 9.93. The normalized spacial score (nSPS) is 29.3. The first-order valence-electron chi connectivity index (χ1n) is 9.29. The lowest BCUT2D eigenvalue weighted by Crippen LogP contribution is -2.46. The summed E-state index contributed by atoms with van der Waals surface area (Å²) < 4.78 is 0.974. The number of rotatable bonds is 2. The largest absolute Gasteiger partial charge is 0.627 e. The molecule has 4 nitrogen and oxygen atoms in total. The predicted molar refractivity (Wildman–Crippen MR) is 105 cm³/mol. The first-order chi connectivity index (χ1) is 12.2. The Balaban J connectivity index is 1.61. The highest BCUT2D eigenvalue weighted by Crippen LogP contribution is 2.43. The molecule has 0 amide bonds. The lowest BCUT2D eigenvalue weighted by Gasteiger charge is -2.47. The Morgan fingerprint density at radius 2 is 2.12 bits per heavy atom. The number of hydroxylamine groups is 3. The maximum Gasteiger partial charge on any atom is 0.152 e. The van der Waals surface area contributed by atoms with Gasteiger partial charge >= 0.3 is 0 Å². The van der Waals surface area contributed by atoms with E-state index in [-0.39, 0.29) is 4.65 Å². The smallest absolute Gasteiger partial charge is 0.152 e. The van der Waals surface area contributed by atoms with Gasteiger partial charge in [-0.25, -0.2) is 4.98 Å². The third kappa shape index (κ3) is 2.79. The number of allylic oxidation sites excluding steroid dienone is 3. The number of hydrogen-bond acceptors (Lipinski definition) is 5. The van der Waals surface area contributed by atoms with Crippen LogP contribution in [0.5, 0.6) is 0 Å². The summed E-state index contributed by atoms with van der Waals surface area (Å²) in [6.45, 7) is 1.20. The molecule has 1 aromatic rings. The zero-order chi connectivity index (χ0) is 16.9. The monoisotopic (exact) mass is 373 g/mol. The minimum absolute atomic E-state index is 0.200. The number of quaternary nitrogens is 1. The molecule has 1 N–H and O–H groups in total. The van der Waals surface area contributed by atoms with Gasteiger partial charge in [0.2, 0.25) is 0 Å². The van der Waals surface area contributed by atoms with Crippen LogP contribution >= 0.6 is 23.1 Å². The van der Waals surface area contributed by atoms with E-state index in [9.17, 15) is 5.21 Å². The van der Waals surface area contributed by atoms with E-state index in [2.05, 4.69) is 22.5 Å². The van der Waals surface area contributed by atoms with Crippen LogP contribution in [0.1, 0.15) is 38.5 Å². The summed E-state index contributed by atoms with van der Waals surface area (Å²) in [4.78, 5) is 5.82. The molecule has 1 saturated carbocycles. The van der Waals surface area contributed by atoms with Crippen LogP contribution in [-0.4, -0.2) is 34.5 Å². The Morgan fingerprint density at radius 3 is 3.00 bits per heavy atom. The molecule has 0 saturated heterocycles. The first-order valence-corrected chi connectivity index (χ1v) is 11.2. The van der Waals surface area contributed by atoms with Crippen LogP contribution < -0.4 is 15.2 Å². The third-order valence-electron chi connectivity index (χ3n) is 5.76. The highest BCUT2D eigenvalue weighted by molar-refractivity contribution is 8.03. The van der Waals surface area contributed by atoms with Crippen LogP contribution in [0.15, 0.2) is 27.9 Å². The van der Waals surface area contributed by atoms with Gasteiger partial charge < -0.3 is 15.2 Å². The van der Waals surface area contributed by atoms with E-state index < -0.39 is 0 Å². The molecule has 1 fully saturated rings. The summed E-state index contributed by atoms with van der Waals surface area (Å²) in [5.74, 6) is 0.901. The molecule has 25 heavy (non-hydrogen) atoms. The molecule has 5 rings (SSSR count). The number of thioether (sulfide) groups is 1. The summed E-state index contributed by atoms with van der Waals surface area (Å²) >= 11 is 3.50. The number of aromatic nitrogens is 1. The lowest BCUT2D eigenvalue weighted by molar-refractivity contribution is -0.827. The Bertz CT molecular complexity index is 879. The SMILES string of the molecule is [O-][N+]12CC=c3scnc3=C3CC(NC4CCCCC4)=CC(=C31)SCC2. The van der Waals surface area contributed by atoms with E-state index >= 15 is 0 Å². The molecule has 1 atom stereocenters. The van der Waals surface area contributed by atoms with Crippen molar-refractivity contribution in [1.29, 1.82) is 0 Å². The molecular weight excluding hydrogens is 350 g/mol. The van der Waals surface area contributed by atoms with Crippen molar-refractivity contribution in [2.45, 2.75) is 44.6 Å². The number of nitrogens with zero attached hydrogens (tertiary/aromatic N) is 2. The van der Waals surface area contributed by atoms with Gasteiger partial charge in [-0.3, -0.25) is 0 Å². The second kappa shape index (κ2) is 6.27. The maximum atomic E-state index is 13.5. The maximum absolute atomic E-state index is 13.5. The predicted octanol–water partition coefficient (Wildman–Crippen LogP) is 2.57. The summed E-state index contributed by atoms with van der Waals surface area (Å²) in [5.41, 5.74) is 5.36. The molecule has 1 aromatic heterocycles. The Kier molecular flexibility index (Phi) is 4.04. The van der Waals surface area contributed by atoms with Crippen molar-refractivity contribution in [1.82, 2.24) is 10.3 Å². The van der Waals surface area contributed by atoms with Gasteiger partial charge in [0.1, 0.15) is 6.54 Å². The van der Waals surface area contributed by atoms with Crippen LogP contribution in [0.25, 0.3) is 11.6 Å². The molecule has 0 aromatic carbocycles. The van der Waals surface area contributed by atoms with E-state index in [4.69, 9.17) is 0 Å². The van der Waals surface area contributed by atoms with E-state index in [0.29, 0.717) is 19.1 Å². The summed E-state index contributed by atoms with van der Waals surface area (Å²) in [7, 11) is 0. The summed E-state index contributed by atoms with van der Waals surface area (Å²) in [5, 5.41) is 18.4. The van der Waals surface area contributed by atoms with Crippen LogP contribution in [0.4, 0.5) is 0 Å². The molecule has 4 aliphatic rings. The molecule has 6 heteroatoms. The van der Waals surface area contributed by atoms with E-state index in [1.54, 1.807) is 11.3 Å². The summed E-state index contributed by atoms with van der Waals surface area (Å²) in [6.07, 6.45) is 11.8. The average molecular weight is 374 g/mol. The molecule has 132 valence electrons. The van der Waals surface area contributed by atoms with E-state index in [0.717, 1.165) is 23.2 Å². The average Bonchev–Trinajstić information content (AvgIpc) is 3.05. The second-order valence-electron chi connectivity index (χ2n) is 7.43. The van der Waals surface area contributed by atoms with Gasteiger partial charge in [-0.15, -0.1) is 23.1 Å². The quantitative estimate of drug-likeness (QED) is 0.639. The van der Waals surface area contributed by atoms with Crippen molar-refractivity contribution in [3.8, 4) is 0 Å². The minimum Gasteiger partial charge on any atom is -0.627 e. The zero-order valence-corrected chi connectivity index (χ0v) is 15.9. The van der Waals surface area contributed by atoms with Gasteiger partial charge in [0.25, 0.3) is 0 Å².